The summed E-state index contributed by atoms with van der Waals surface area (Å²) in [4.78, 5) is 17.4. The molecule has 0 radical (unpaired) electrons. The van der Waals surface area contributed by atoms with Crippen molar-refractivity contribution in [3.63, 3.8) is 0 Å². The third-order valence-corrected chi connectivity index (χ3v) is 6.57. The zero-order valence-electron chi connectivity index (χ0n) is 21.3. The fraction of sp³-hybridized carbons (Fsp3) is 0.345. The number of carbonyl (C=O) groups excluding carboxylic acids is 1. The van der Waals surface area contributed by atoms with Crippen LogP contribution in [-0.4, -0.2) is 64.9 Å². The Kier molecular flexibility index (Phi) is 8.68. The number of nitrogens with zero attached hydrogens (tertiary/aromatic N) is 2. The average Bonchev–Trinajstić information content (AvgIpc) is 2.93. The van der Waals surface area contributed by atoms with Gasteiger partial charge in [-0.15, -0.1) is 0 Å². The van der Waals surface area contributed by atoms with Crippen LogP contribution in [0.1, 0.15) is 21.5 Å². The molecule has 0 spiro atoms. The van der Waals surface area contributed by atoms with Gasteiger partial charge in [0.2, 0.25) is 0 Å². The number of hydrogen-bond donors (Lipinski definition) is 1. The maximum atomic E-state index is 12.6. The van der Waals surface area contributed by atoms with Crippen molar-refractivity contribution in [2.75, 3.05) is 59.0 Å². The molecule has 0 aliphatic carbocycles. The first-order valence-electron chi connectivity index (χ1n) is 12.3. The van der Waals surface area contributed by atoms with Crippen molar-refractivity contribution in [2.24, 2.45) is 0 Å². The molecular formula is C29H35N3O4. The lowest BCUT2D eigenvalue weighted by Crippen LogP contribution is -2.46. The molecule has 0 unspecified atom stereocenters. The van der Waals surface area contributed by atoms with Crippen LogP contribution in [0.15, 0.2) is 66.7 Å². The Bertz CT molecular complexity index is 1140. The zero-order valence-corrected chi connectivity index (χ0v) is 21.3. The van der Waals surface area contributed by atoms with Gasteiger partial charge in [0.15, 0.2) is 11.5 Å². The van der Waals surface area contributed by atoms with Gasteiger partial charge in [0.25, 0.3) is 5.91 Å². The summed E-state index contributed by atoms with van der Waals surface area (Å²) in [5, 5.41) is 3.01. The summed E-state index contributed by atoms with van der Waals surface area (Å²) >= 11 is 0. The van der Waals surface area contributed by atoms with Crippen molar-refractivity contribution in [3.8, 4) is 17.2 Å². The van der Waals surface area contributed by atoms with Crippen LogP contribution in [0.25, 0.3) is 0 Å². The average molecular weight is 490 g/mol. The second-order valence-electron chi connectivity index (χ2n) is 8.83. The lowest BCUT2D eigenvalue weighted by atomic mass is 10.1. The molecule has 1 amide bonds. The Labute approximate surface area is 213 Å². The SMILES string of the molecule is COc1ccc(CCNC(=O)c2ccc(CN3CCN(c4ccccc4OC)CC3)cc2)cc1OC. The molecule has 1 heterocycles. The second-order valence-corrected chi connectivity index (χ2v) is 8.83. The van der Waals surface area contributed by atoms with E-state index in [1.165, 1.54) is 5.56 Å². The van der Waals surface area contributed by atoms with E-state index in [1.807, 2.05) is 42.5 Å². The normalized spacial score (nSPS) is 13.8. The summed E-state index contributed by atoms with van der Waals surface area (Å²) in [6.45, 7) is 5.31. The molecule has 190 valence electrons. The van der Waals surface area contributed by atoms with Crippen molar-refractivity contribution in [1.82, 2.24) is 10.2 Å². The van der Waals surface area contributed by atoms with Gasteiger partial charge in [0, 0.05) is 44.8 Å². The van der Waals surface area contributed by atoms with Crippen LogP contribution >= 0.6 is 0 Å². The molecule has 1 N–H and O–H groups in total. The van der Waals surface area contributed by atoms with Crippen molar-refractivity contribution in [3.05, 3.63) is 83.4 Å². The smallest absolute Gasteiger partial charge is 0.251 e. The maximum Gasteiger partial charge on any atom is 0.251 e. The van der Waals surface area contributed by atoms with Crippen LogP contribution in [-0.2, 0) is 13.0 Å². The Morgan fingerprint density at radius 2 is 1.44 bits per heavy atom. The predicted molar refractivity (Wildman–Crippen MR) is 143 cm³/mol. The molecule has 3 aromatic rings. The van der Waals surface area contributed by atoms with Crippen LogP contribution in [0.3, 0.4) is 0 Å². The quantitative estimate of drug-likeness (QED) is 0.464. The number of anilines is 1. The highest BCUT2D eigenvalue weighted by atomic mass is 16.5. The molecule has 7 nitrogen and oxygen atoms in total. The standard InChI is InChI=1S/C29H35N3O4/c1-34-26-7-5-4-6-25(26)32-18-16-31(17-19-32)21-23-8-11-24(12-9-23)29(33)30-15-14-22-10-13-27(35-2)28(20-22)36-3/h4-13,20H,14-19,21H2,1-3H3,(H,30,33). The Morgan fingerprint density at radius 3 is 2.14 bits per heavy atom. The van der Waals surface area contributed by atoms with Crippen molar-refractivity contribution in [1.29, 1.82) is 0 Å². The number of benzene rings is 3. The van der Waals surface area contributed by atoms with Crippen LogP contribution in [0.2, 0.25) is 0 Å². The van der Waals surface area contributed by atoms with E-state index >= 15 is 0 Å². The molecule has 1 aliphatic rings. The molecule has 3 aromatic carbocycles. The third kappa shape index (κ3) is 6.29. The summed E-state index contributed by atoms with van der Waals surface area (Å²) in [6.07, 6.45) is 0.713. The van der Waals surface area contributed by atoms with E-state index in [4.69, 9.17) is 14.2 Å². The van der Waals surface area contributed by atoms with E-state index in [-0.39, 0.29) is 5.91 Å². The highest BCUT2D eigenvalue weighted by molar-refractivity contribution is 5.94. The first kappa shape index (κ1) is 25.4. The third-order valence-electron chi connectivity index (χ3n) is 6.57. The van der Waals surface area contributed by atoms with Gasteiger partial charge in [-0.25, -0.2) is 0 Å². The summed E-state index contributed by atoms with van der Waals surface area (Å²) in [5.74, 6) is 2.25. The van der Waals surface area contributed by atoms with Crippen LogP contribution in [0.5, 0.6) is 17.2 Å². The molecule has 1 aliphatic heterocycles. The van der Waals surface area contributed by atoms with Gasteiger partial charge in [-0.1, -0.05) is 30.3 Å². The Hall–Kier alpha value is -3.71. The van der Waals surface area contributed by atoms with Gasteiger partial charge < -0.3 is 24.4 Å². The highest BCUT2D eigenvalue weighted by Gasteiger charge is 2.19. The van der Waals surface area contributed by atoms with Crippen molar-refractivity contribution < 1.29 is 19.0 Å². The van der Waals surface area contributed by atoms with E-state index in [1.54, 1.807) is 21.3 Å². The number of piperazine rings is 1. The molecule has 0 aromatic heterocycles. The molecule has 7 heteroatoms. The summed E-state index contributed by atoms with van der Waals surface area (Å²) in [7, 11) is 4.96. The minimum absolute atomic E-state index is 0.0625. The highest BCUT2D eigenvalue weighted by Crippen LogP contribution is 2.29. The van der Waals surface area contributed by atoms with Gasteiger partial charge >= 0.3 is 0 Å². The van der Waals surface area contributed by atoms with E-state index in [9.17, 15) is 4.79 Å². The molecule has 0 bridgehead atoms. The summed E-state index contributed by atoms with van der Waals surface area (Å²) in [5.41, 5.74) is 4.12. The number of amides is 1. The second kappa shape index (κ2) is 12.3. The number of para-hydroxylation sites is 2. The number of carbonyl (C=O) groups is 1. The van der Waals surface area contributed by atoms with Gasteiger partial charge in [-0.2, -0.15) is 0 Å². The monoisotopic (exact) mass is 489 g/mol. The van der Waals surface area contributed by atoms with Crippen LogP contribution in [0, 0.1) is 0 Å². The van der Waals surface area contributed by atoms with Gasteiger partial charge in [-0.05, 0) is 53.9 Å². The summed E-state index contributed by atoms with van der Waals surface area (Å²) < 4.78 is 16.1. The van der Waals surface area contributed by atoms with E-state index in [2.05, 4.69) is 39.4 Å². The van der Waals surface area contributed by atoms with E-state index in [0.29, 0.717) is 30.0 Å². The fourth-order valence-electron chi connectivity index (χ4n) is 4.52. The molecular weight excluding hydrogens is 454 g/mol. The van der Waals surface area contributed by atoms with Crippen molar-refractivity contribution >= 4 is 11.6 Å². The Balaban J connectivity index is 1.23. The summed E-state index contributed by atoms with van der Waals surface area (Å²) in [6, 6.07) is 21.9. The fourth-order valence-corrected chi connectivity index (χ4v) is 4.52. The minimum atomic E-state index is -0.0625. The molecule has 0 saturated carbocycles. The number of rotatable bonds is 10. The lowest BCUT2D eigenvalue weighted by molar-refractivity contribution is 0.0954. The minimum Gasteiger partial charge on any atom is -0.495 e. The number of ether oxygens (including phenoxy) is 3. The molecule has 36 heavy (non-hydrogen) atoms. The number of methoxy groups -OCH3 is 3. The maximum absolute atomic E-state index is 12.6. The lowest BCUT2D eigenvalue weighted by Gasteiger charge is -2.36. The largest absolute Gasteiger partial charge is 0.495 e. The predicted octanol–water partition coefficient (Wildman–Crippen LogP) is 4.01. The van der Waals surface area contributed by atoms with Gasteiger partial charge in [0.05, 0.1) is 27.0 Å². The molecule has 1 saturated heterocycles. The molecule has 4 rings (SSSR count). The molecule has 1 fully saturated rings. The first-order valence-corrected chi connectivity index (χ1v) is 12.3. The topological polar surface area (TPSA) is 63.3 Å². The van der Waals surface area contributed by atoms with E-state index in [0.717, 1.165) is 49.7 Å². The molecule has 0 atom stereocenters. The Morgan fingerprint density at radius 1 is 0.778 bits per heavy atom. The van der Waals surface area contributed by atoms with Crippen molar-refractivity contribution in [2.45, 2.75) is 13.0 Å². The van der Waals surface area contributed by atoms with E-state index < -0.39 is 0 Å². The zero-order chi connectivity index (χ0) is 25.3. The van der Waals surface area contributed by atoms with Crippen LogP contribution in [0.4, 0.5) is 5.69 Å². The van der Waals surface area contributed by atoms with Crippen LogP contribution < -0.4 is 24.4 Å². The van der Waals surface area contributed by atoms with Gasteiger partial charge in [0.1, 0.15) is 5.75 Å². The number of hydrogen-bond acceptors (Lipinski definition) is 6. The first-order chi connectivity index (χ1) is 17.6. The van der Waals surface area contributed by atoms with Gasteiger partial charge in [-0.3, -0.25) is 9.69 Å². The number of nitrogens with one attached hydrogen (secondary N) is 1.